The van der Waals surface area contributed by atoms with E-state index < -0.39 is 0 Å². The number of carbonyl (C=O) groups is 2. The number of piperazine rings is 1. The van der Waals surface area contributed by atoms with E-state index in [0.29, 0.717) is 47.7 Å². The Hall–Kier alpha value is -3.50. The van der Waals surface area contributed by atoms with Crippen LogP contribution in [0.1, 0.15) is 21.5 Å². The van der Waals surface area contributed by atoms with Crippen molar-refractivity contribution in [3.63, 3.8) is 0 Å². The Labute approximate surface area is 188 Å². The van der Waals surface area contributed by atoms with E-state index in [1.807, 2.05) is 29.2 Å². The summed E-state index contributed by atoms with van der Waals surface area (Å²) < 4.78 is 5.83. The lowest BCUT2D eigenvalue weighted by Gasteiger charge is -2.26. The van der Waals surface area contributed by atoms with Crippen molar-refractivity contribution >= 4 is 40.5 Å². The second-order valence-corrected chi connectivity index (χ2v) is 8.71. The summed E-state index contributed by atoms with van der Waals surface area (Å²) in [6, 6.07) is 9.23. The zero-order valence-corrected chi connectivity index (χ0v) is 18.3. The van der Waals surface area contributed by atoms with E-state index in [2.05, 4.69) is 25.9 Å². The summed E-state index contributed by atoms with van der Waals surface area (Å²) in [5.74, 6) is 0.908. The maximum absolute atomic E-state index is 12.9. The number of nitrogens with one attached hydrogen (secondary N) is 3. The molecular formula is C22H22N6O3S. The first kappa shape index (κ1) is 20.4. The topological polar surface area (TPSA) is 108 Å². The third-order valence-electron chi connectivity index (χ3n) is 5.23. The molecule has 164 valence electrons. The lowest BCUT2D eigenvalue weighted by molar-refractivity contribution is -0.114. The number of hydrogen-bond acceptors (Lipinski definition) is 8. The predicted molar refractivity (Wildman–Crippen MR) is 122 cm³/mol. The highest BCUT2D eigenvalue weighted by molar-refractivity contribution is 7.14. The fraction of sp³-hybridized carbons (Fsp3) is 0.273. The molecule has 3 N–H and O–H groups in total. The first-order chi connectivity index (χ1) is 15.6. The largest absolute Gasteiger partial charge is 0.484 e. The summed E-state index contributed by atoms with van der Waals surface area (Å²) in [7, 11) is 0. The molecule has 2 amide bonds. The Morgan fingerprint density at radius 1 is 1.19 bits per heavy atom. The van der Waals surface area contributed by atoms with Crippen LogP contribution in [0.5, 0.6) is 5.75 Å². The Balaban J connectivity index is 1.41. The molecular weight excluding hydrogens is 428 g/mol. The quantitative estimate of drug-likeness (QED) is 0.561. The van der Waals surface area contributed by atoms with Gasteiger partial charge in [-0.3, -0.25) is 9.59 Å². The van der Waals surface area contributed by atoms with E-state index in [9.17, 15) is 9.59 Å². The number of benzene rings is 1. The molecule has 2 aromatic heterocycles. The van der Waals surface area contributed by atoms with Crippen LogP contribution in [0, 0.1) is 0 Å². The molecule has 3 aromatic rings. The van der Waals surface area contributed by atoms with Crippen LogP contribution < -0.4 is 20.7 Å². The van der Waals surface area contributed by atoms with Gasteiger partial charge in [-0.1, -0.05) is 6.07 Å². The smallest absolute Gasteiger partial charge is 0.264 e. The molecule has 0 unspecified atom stereocenters. The van der Waals surface area contributed by atoms with Crippen molar-refractivity contribution in [2.75, 3.05) is 36.8 Å². The van der Waals surface area contributed by atoms with E-state index in [1.165, 1.54) is 18.3 Å². The summed E-state index contributed by atoms with van der Waals surface area (Å²) in [5, 5.41) is 9.19. The number of anilines is 3. The van der Waals surface area contributed by atoms with Crippen molar-refractivity contribution in [3.8, 4) is 17.0 Å². The Morgan fingerprint density at radius 3 is 2.81 bits per heavy atom. The third-order valence-corrected chi connectivity index (χ3v) is 6.33. The minimum absolute atomic E-state index is 0.0506. The summed E-state index contributed by atoms with van der Waals surface area (Å²) >= 11 is 1.46. The lowest BCUT2D eigenvalue weighted by Crippen LogP contribution is -2.46. The van der Waals surface area contributed by atoms with Crippen LogP contribution in [0.3, 0.4) is 0 Å². The molecule has 1 fully saturated rings. The van der Waals surface area contributed by atoms with Gasteiger partial charge in [0.1, 0.15) is 12.3 Å². The van der Waals surface area contributed by atoms with Crippen LogP contribution in [0.15, 0.2) is 36.5 Å². The summed E-state index contributed by atoms with van der Waals surface area (Å²) in [4.78, 5) is 36.8. The molecule has 32 heavy (non-hydrogen) atoms. The number of rotatable bonds is 4. The van der Waals surface area contributed by atoms with Crippen LogP contribution in [-0.2, 0) is 11.4 Å². The van der Waals surface area contributed by atoms with Gasteiger partial charge in [0.05, 0.1) is 16.0 Å². The van der Waals surface area contributed by atoms with Gasteiger partial charge in [0.25, 0.3) is 5.91 Å². The first-order valence-electron chi connectivity index (χ1n) is 10.3. The van der Waals surface area contributed by atoms with Gasteiger partial charge in [0.2, 0.25) is 11.9 Å². The number of nitrogens with zero attached hydrogens (tertiary/aromatic N) is 3. The number of hydrogen-bond donors (Lipinski definition) is 3. The van der Waals surface area contributed by atoms with Crippen molar-refractivity contribution in [2.24, 2.45) is 0 Å². The average molecular weight is 451 g/mol. The summed E-state index contributed by atoms with van der Waals surface area (Å²) in [5.41, 5.74) is 3.00. The van der Waals surface area contributed by atoms with Crippen molar-refractivity contribution in [1.82, 2.24) is 20.2 Å². The molecule has 1 saturated heterocycles. The average Bonchev–Trinajstić information content (AvgIpc) is 3.24. The molecule has 0 aliphatic carbocycles. The molecule has 2 aliphatic heterocycles. The zero-order valence-electron chi connectivity index (χ0n) is 17.5. The number of aromatic nitrogens is 2. The van der Waals surface area contributed by atoms with Crippen molar-refractivity contribution in [2.45, 2.75) is 13.5 Å². The van der Waals surface area contributed by atoms with Crippen molar-refractivity contribution < 1.29 is 14.3 Å². The molecule has 5 rings (SSSR count). The Morgan fingerprint density at radius 2 is 2.00 bits per heavy atom. The molecule has 4 heterocycles. The number of amides is 2. The third kappa shape index (κ3) is 4.14. The lowest BCUT2D eigenvalue weighted by atomic mass is 10.1. The summed E-state index contributed by atoms with van der Waals surface area (Å²) in [6.07, 6.45) is 1.64. The maximum atomic E-state index is 12.9. The van der Waals surface area contributed by atoms with Crippen LogP contribution in [0.4, 0.5) is 17.3 Å². The van der Waals surface area contributed by atoms with E-state index in [1.54, 1.807) is 12.3 Å². The molecule has 2 aliphatic rings. The summed E-state index contributed by atoms with van der Waals surface area (Å²) in [6.45, 7) is 4.91. The molecule has 0 atom stereocenters. The Bertz CT molecular complexity index is 1190. The number of fused-ring (bicyclic) bond motifs is 3. The minimum Gasteiger partial charge on any atom is -0.484 e. The van der Waals surface area contributed by atoms with Gasteiger partial charge in [-0.25, -0.2) is 9.97 Å². The number of ether oxygens (including phenoxy) is 1. The van der Waals surface area contributed by atoms with Crippen LogP contribution in [0.25, 0.3) is 11.3 Å². The van der Waals surface area contributed by atoms with Gasteiger partial charge >= 0.3 is 0 Å². The van der Waals surface area contributed by atoms with Crippen LogP contribution in [0.2, 0.25) is 0 Å². The SMILES string of the molecule is CC(=O)Nc1cccc(Nc2ncc3c(n2)-c2cc(C(=O)N4CCNCC4)sc2CO3)c1. The molecule has 0 saturated carbocycles. The molecule has 0 spiro atoms. The molecule has 10 heteroatoms. The standard InChI is InChI=1S/C22H22N6O3S/c1-13(29)25-14-3-2-4-15(9-14)26-22-24-11-17-20(27-22)16-10-18(32-19(16)12-31-17)21(30)28-7-5-23-6-8-28/h2-4,9-11,23H,5-8,12H2,1H3,(H,25,29)(H,24,26,27). The maximum Gasteiger partial charge on any atom is 0.264 e. The van der Waals surface area contributed by atoms with Crippen LogP contribution in [-0.4, -0.2) is 52.9 Å². The molecule has 9 nitrogen and oxygen atoms in total. The predicted octanol–water partition coefficient (Wildman–Crippen LogP) is 2.84. The monoisotopic (exact) mass is 450 g/mol. The van der Waals surface area contributed by atoms with Gasteiger partial charge in [-0.15, -0.1) is 11.3 Å². The van der Waals surface area contributed by atoms with Crippen molar-refractivity contribution in [3.05, 3.63) is 46.3 Å². The highest BCUT2D eigenvalue weighted by atomic mass is 32.1. The van der Waals surface area contributed by atoms with E-state index >= 15 is 0 Å². The number of thiophene rings is 1. The second-order valence-electron chi connectivity index (χ2n) is 7.57. The Kier molecular flexibility index (Phi) is 5.46. The van der Waals surface area contributed by atoms with Gasteiger partial charge in [-0.2, -0.15) is 0 Å². The van der Waals surface area contributed by atoms with E-state index in [0.717, 1.165) is 29.2 Å². The van der Waals surface area contributed by atoms with Crippen molar-refractivity contribution in [1.29, 1.82) is 0 Å². The van der Waals surface area contributed by atoms with Gasteiger partial charge in [0.15, 0.2) is 5.75 Å². The van der Waals surface area contributed by atoms with Gasteiger partial charge in [0, 0.05) is 50.0 Å². The van der Waals surface area contributed by atoms with E-state index in [4.69, 9.17) is 4.74 Å². The van der Waals surface area contributed by atoms with Gasteiger partial charge in [-0.05, 0) is 24.3 Å². The highest BCUT2D eigenvalue weighted by Crippen LogP contribution is 2.41. The van der Waals surface area contributed by atoms with E-state index in [-0.39, 0.29) is 11.8 Å². The second kappa shape index (κ2) is 8.56. The highest BCUT2D eigenvalue weighted by Gasteiger charge is 2.27. The van der Waals surface area contributed by atoms with Gasteiger partial charge < -0.3 is 25.6 Å². The minimum atomic E-state index is -0.138. The zero-order chi connectivity index (χ0) is 22.1. The van der Waals surface area contributed by atoms with Crippen LogP contribution >= 0.6 is 11.3 Å². The fourth-order valence-electron chi connectivity index (χ4n) is 3.75. The first-order valence-corrected chi connectivity index (χ1v) is 11.2. The molecule has 1 aromatic carbocycles. The fourth-order valence-corrected chi connectivity index (χ4v) is 4.79. The normalized spacial score (nSPS) is 14.7. The number of carbonyl (C=O) groups excluding carboxylic acids is 2. The molecule has 0 bridgehead atoms. The molecule has 0 radical (unpaired) electrons.